The molecule has 0 bridgehead atoms. The molecule has 24 heavy (non-hydrogen) atoms. The molecule has 0 aromatic carbocycles. The predicted octanol–water partition coefficient (Wildman–Crippen LogP) is 2.05. The highest BCUT2D eigenvalue weighted by Crippen LogP contribution is 2.21. The zero-order valence-electron chi connectivity index (χ0n) is 15.6. The van der Waals surface area contributed by atoms with Crippen LogP contribution in [-0.4, -0.2) is 62.3 Å². The molecule has 2 aliphatic heterocycles. The first-order chi connectivity index (χ1) is 11.2. The topological polar surface area (TPSA) is 53.6 Å². The van der Waals surface area contributed by atoms with Gasteiger partial charge in [-0.15, -0.1) is 12.4 Å². The van der Waals surface area contributed by atoms with E-state index in [1.165, 1.54) is 12.8 Å². The van der Waals surface area contributed by atoms with Gasteiger partial charge in [-0.05, 0) is 32.2 Å². The van der Waals surface area contributed by atoms with Crippen molar-refractivity contribution in [2.45, 2.75) is 58.5 Å². The second-order valence-electron chi connectivity index (χ2n) is 7.11. The van der Waals surface area contributed by atoms with E-state index in [2.05, 4.69) is 36.3 Å². The summed E-state index contributed by atoms with van der Waals surface area (Å²) >= 11 is 0. The van der Waals surface area contributed by atoms with E-state index in [0.29, 0.717) is 18.0 Å². The first kappa shape index (κ1) is 21.7. The fraction of sp³-hybridized carbons (Fsp3) is 0.944. The molecule has 2 N–H and O–H groups in total. The highest BCUT2D eigenvalue weighted by atomic mass is 35.5. The van der Waals surface area contributed by atoms with E-state index in [4.69, 9.17) is 4.74 Å². The number of carbonyl (C=O) groups excluding carboxylic acids is 1. The van der Waals surface area contributed by atoms with Crippen molar-refractivity contribution in [2.24, 2.45) is 11.8 Å². The molecule has 1 unspecified atom stereocenters. The quantitative estimate of drug-likeness (QED) is 0.728. The molecule has 2 fully saturated rings. The van der Waals surface area contributed by atoms with Gasteiger partial charge in [0, 0.05) is 37.6 Å². The summed E-state index contributed by atoms with van der Waals surface area (Å²) in [5.41, 5.74) is 0. The average molecular weight is 362 g/mol. The molecule has 2 saturated heterocycles. The molecule has 2 aliphatic rings. The largest absolute Gasteiger partial charge is 0.379 e. The Hall–Kier alpha value is -0.360. The van der Waals surface area contributed by atoms with E-state index in [1.54, 1.807) is 0 Å². The third-order valence-corrected chi connectivity index (χ3v) is 5.59. The lowest BCUT2D eigenvalue weighted by atomic mass is 9.90. The summed E-state index contributed by atoms with van der Waals surface area (Å²) in [5, 5.41) is 6.69. The van der Waals surface area contributed by atoms with Crippen molar-refractivity contribution in [2.75, 3.05) is 39.4 Å². The van der Waals surface area contributed by atoms with E-state index in [0.717, 1.165) is 52.2 Å². The lowest BCUT2D eigenvalue weighted by Crippen LogP contribution is -2.53. The normalized spacial score (nSPS) is 26.7. The fourth-order valence-corrected chi connectivity index (χ4v) is 4.06. The second kappa shape index (κ2) is 11.3. The summed E-state index contributed by atoms with van der Waals surface area (Å²) in [6.07, 6.45) is 4.25. The van der Waals surface area contributed by atoms with Crippen LogP contribution >= 0.6 is 12.4 Å². The third-order valence-electron chi connectivity index (χ3n) is 5.59. The van der Waals surface area contributed by atoms with Gasteiger partial charge in [-0.1, -0.05) is 26.7 Å². The summed E-state index contributed by atoms with van der Waals surface area (Å²) in [7, 11) is 0. The van der Waals surface area contributed by atoms with Crippen LogP contribution in [-0.2, 0) is 9.53 Å². The van der Waals surface area contributed by atoms with Gasteiger partial charge >= 0.3 is 0 Å². The highest BCUT2D eigenvalue weighted by molar-refractivity contribution is 5.85. The first-order valence-electron chi connectivity index (χ1n) is 9.48. The van der Waals surface area contributed by atoms with Gasteiger partial charge in [-0.2, -0.15) is 0 Å². The maximum atomic E-state index is 12.5. The number of hydrogen-bond donors (Lipinski definition) is 2. The van der Waals surface area contributed by atoms with Gasteiger partial charge in [-0.3, -0.25) is 9.69 Å². The Morgan fingerprint density at radius 2 is 1.96 bits per heavy atom. The van der Waals surface area contributed by atoms with Crippen LogP contribution in [0.5, 0.6) is 0 Å². The molecule has 6 heteroatoms. The summed E-state index contributed by atoms with van der Waals surface area (Å²) in [6, 6.07) is 0.894. The minimum absolute atomic E-state index is 0. The van der Waals surface area contributed by atoms with Crippen LogP contribution in [0.4, 0.5) is 0 Å². The number of nitrogens with zero attached hydrogens (tertiary/aromatic N) is 1. The van der Waals surface area contributed by atoms with E-state index in [1.807, 2.05) is 0 Å². The van der Waals surface area contributed by atoms with Crippen LogP contribution in [0.3, 0.4) is 0 Å². The van der Waals surface area contributed by atoms with Crippen molar-refractivity contribution in [3.05, 3.63) is 0 Å². The van der Waals surface area contributed by atoms with E-state index in [9.17, 15) is 4.79 Å². The Labute approximate surface area is 153 Å². The predicted molar refractivity (Wildman–Crippen MR) is 101 cm³/mol. The van der Waals surface area contributed by atoms with Crippen molar-refractivity contribution in [3.8, 4) is 0 Å². The maximum Gasteiger partial charge on any atom is 0.223 e. The smallest absolute Gasteiger partial charge is 0.223 e. The van der Waals surface area contributed by atoms with Crippen molar-refractivity contribution in [1.82, 2.24) is 15.5 Å². The number of halogens is 1. The zero-order valence-corrected chi connectivity index (χ0v) is 16.4. The lowest BCUT2D eigenvalue weighted by Gasteiger charge is -2.39. The minimum atomic E-state index is 0. The Balaban J connectivity index is 0.00000288. The van der Waals surface area contributed by atoms with E-state index in [-0.39, 0.29) is 24.2 Å². The average Bonchev–Trinajstić information content (AvgIpc) is 2.59. The number of nitrogens with one attached hydrogen (secondary N) is 2. The van der Waals surface area contributed by atoms with Gasteiger partial charge in [0.25, 0.3) is 0 Å². The Morgan fingerprint density at radius 1 is 1.29 bits per heavy atom. The van der Waals surface area contributed by atoms with Gasteiger partial charge in [-0.25, -0.2) is 0 Å². The summed E-state index contributed by atoms with van der Waals surface area (Å²) in [5.74, 6) is 1.07. The molecule has 3 atom stereocenters. The zero-order chi connectivity index (χ0) is 16.7. The van der Waals surface area contributed by atoms with Gasteiger partial charge < -0.3 is 15.4 Å². The molecule has 0 aliphatic carbocycles. The van der Waals surface area contributed by atoms with Gasteiger partial charge in [0.05, 0.1) is 13.2 Å². The Kier molecular flexibility index (Phi) is 10.2. The minimum Gasteiger partial charge on any atom is -0.379 e. The lowest BCUT2D eigenvalue weighted by molar-refractivity contribution is -0.126. The molecule has 0 radical (unpaired) electrons. The summed E-state index contributed by atoms with van der Waals surface area (Å²) < 4.78 is 5.49. The Morgan fingerprint density at radius 3 is 2.54 bits per heavy atom. The molecule has 2 rings (SSSR count). The molecule has 2 heterocycles. The molecule has 0 saturated carbocycles. The maximum absolute atomic E-state index is 12.5. The number of rotatable bonds is 7. The van der Waals surface area contributed by atoms with Crippen molar-refractivity contribution in [3.63, 3.8) is 0 Å². The Bertz CT molecular complexity index is 360. The van der Waals surface area contributed by atoms with Gasteiger partial charge in [0.1, 0.15) is 0 Å². The SMILES string of the molecule is CCC(CC)C(CNC(=O)[C@H]1CCN[C@@H](C)C1)N1CCOCC1.Cl. The van der Waals surface area contributed by atoms with Crippen LogP contribution in [0.25, 0.3) is 0 Å². The number of piperidine rings is 1. The van der Waals surface area contributed by atoms with Crippen LogP contribution in [0.1, 0.15) is 46.5 Å². The number of hydrogen-bond acceptors (Lipinski definition) is 4. The van der Waals surface area contributed by atoms with Crippen molar-refractivity contribution >= 4 is 18.3 Å². The highest BCUT2D eigenvalue weighted by Gasteiger charge is 2.29. The standard InChI is InChI=1S/C18H35N3O2.ClH/c1-4-15(5-2)17(21-8-10-23-11-9-21)13-20-18(22)16-6-7-19-14(3)12-16;/h14-17,19H,4-13H2,1-3H3,(H,20,22);1H/t14-,16-,17?;/m0./s1. The fourth-order valence-electron chi connectivity index (χ4n) is 4.06. The molecular weight excluding hydrogens is 326 g/mol. The van der Waals surface area contributed by atoms with Crippen molar-refractivity contribution in [1.29, 1.82) is 0 Å². The van der Waals surface area contributed by atoms with Crippen LogP contribution in [0.15, 0.2) is 0 Å². The van der Waals surface area contributed by atoms with Crippen molar-refractivity contribution < 1.29 is 9.53 Å². The molecule has 0 aromatic heterocycles. The first-order valence-corrected chi connectivity index (χ1v) is 9.48. The summed E-state index contributed by atoms with van der Waals surface area (Å²) in [4.78, 5) is 15.1. The molecule has 5 nitrogen and oxygen atoms in total. The number of carbonyl (C=O) groups is 1. The van der Waals surface area contributed by atoms with Crippen LogP contribution in [0.2, 0.25) is 0 Å². The number of ether oxygens (including phenoxy) is 1. The summed E-state index contributed by atoms with van der Waals surface area (Å²) in [6.45, 7) is 12.0. The van der Waals surface area contributed by atoms with Crippen LogP contribution < -0.4 is 10.6 Å². The molecule has 0 spiro atoms. The number of morpholine rings is 1. The van der Waals surface area contributed by atoms with Gasteiger partial charge in [0.15, 0.2) is 0 Å². The molecule has 0 aromatic rings. The van der Waals surface area contributed by atoms with Gasteiger partial charge in [0.2, 0.25) is 5.91 Å². The van der Waals surface area contributed by atoms with Crippen LogP contribution in [0, 0.1) is 11.8 Å². The third kappa shape index (κ3) is 6.17. The van der Waals surface area contributed by atoms with E-state index < -0.39 is 0 Å². The monoisotopic (exact) mass is 361 g/mol. The molecule has 142 valence electrons. The second-order valence-corrected chi connectivity index (χ2v) is 7.11. The number of amides is 1. The molecule has 1 amide bonds. The van der Waals surface area contributed by atoms with E-state index >= 15 is 0 Å². The molecular formula is C18H36ClN3O2.